The van der Waals surface area contributed by atoms with Crippen molar-refractivity contribution in [2.24, 2.45) is 0 Å². The highest BCUT2D eigenvalue weighted by Crippen LogP contribution is 2.25. The molecule has 0 radical (unpaired) electrons. The normalized spacial score (nSPS) is 10.8. The Morgan fingerprint density at radius 3 is 3.06 bits per heavy atom. The van der Waals surface area contributed by atoms with Crippen LogP contribution in [0.15, 0.2) is 22.2 Å². The van der Waals surface area contributed by atoms with E-state index in [4.69, 9.17) is 0 Å². The van der Waals surface area contributed by atoms with Gasteiger partial charge in [-0.2, -0.15) is 11.3 Å². The van der Waals surface area contributed by atoms with Gasteiger partial charge in [-0.1, -0.05) is 0 Å². The van der Waals surface area contributed by atoms with Crippen LogP contribution in [0, 0.1) is 0 Å². The van der Waals surface area contributed by atoms with Crippen LogP contribution < -0.4 is 5.32 Å². The summed E-state index contributed by atoms with van der Waals surface area (Å²) in [6.45, 7) is 1.17. The third-order valence-corrected chi connectivity index (χ3v) is 3.74. The molecule has 86 valence electrons. The van der Waals surface area contributed by atoms with Gasteiger partial charge in [0.1, 0.15) is 5.01 Å². The van der Waals surface area contributed by atoms with E-state index in [1.54, 1.807) is 22.7 Å². The summed E-state index contributed by atoms with van der Waals surface area (Å²) < 4.78 is 11.9. The molecule has 0 saturated heterocycles. The Balaban J connectivity index is 1.88. The summed E-state index contributed by atoms with van der Waals surface area (Å²) >= 11 is 3.33. The van der Waals surface area contributed by atoms with Crippen LogP contribution in [0.2, 0.25) is 0 Å². The van der Waals surface area contributed by atoms with E-state index in [0.29, 0.717) is 13.0 Å². The number of halogens is 1. The van der Waals surface area contributed by atoms with Crippen molar-refractivity contribution in [2.45, 2.75) is 13.0 Å². The van der Waals surface area contributed by atoms with Gasteiger partial charge in [0.05, 0.1) is 12.4 Å². The topological polar surface area (TPSA) is 24.9 Å². The second-order valence-corrected chi connectivity index (χ2v) is 5.01. The molecule has 0 aliphatic heterocycles. The minimum atomic E-state index is -0.260. The molecular formula is C11H13FN2S2. The van der Waals surface area contributed by atoms with Crippen molar-refractivity contribution in [2.75, 3.05) is 13.2 Å². The second-order valence-electron chi connectivity index (χ2n) is 3.38. The number of thiazole rings is 1. The maximum absolute atomic E-state index is 11.9. The SMILES string of the molecule is FCCCNCc1csc(-c2ccsc2)n1. The summed E-state index contributed by atoms with van der Waals surface area (Å²) in [5, 5.41) is 10.4. The standard InChI is InChI=1S/C11H13FN2S2/c12-3-1-4-13-6-10-8-16-11(14-10)9-2-5-15-7-9/h2,5,7-8,13H,1,3-4,6H2. The summed E-state index contributed by atoms with van der Waals surface area (Å²) in [5.74, 6) is 0. The fraction of sp³-hybridized carbons (Fsp3) is 0.364. The van der Waals surface area contributed by atoms with Crippen molar-refractivity contribution in [3.05, 3.63) is 27.9 Å². The molecule has 0 aromatic carbocycles. The van der Waals surface area contributed by atoms with Gasteiger partial charge in [-0.25, -0.2) is 4.98 Å². The molecule has 2 aromatic rings. The highest BCUT2D eigenvalue weighted by atomic mass is 32.1. The number of hydrogen-bond donors (Lipinski definition) is 1. The molecule has 0 aliphatic rings. The van der Waals surface area contributed by atoms with E-state index in [1.165, 1.54) is 5.56 Å². The molecule has 0 saturated carbocycles. The third kappa shape index (κ3) is 3.10. The van der Waals surface area contributed by atoms with Crippen molar-refractivity contribution < 1.29 is 4.39 Å². The van der Waals surface area contributed by atoms with Gasteiger partial charge >= 0.3 is 0 Å². The lowest BCUT2D eigenvalue weighted by Crippen LogP contribution is -2.15. The quantitative estimate of drug-likeness (QED) is 0.802. The van der Waals surface area contributed by atoms with Gasteiger partial charge in [-0.05, 0) is 24.4 Å². The van der Waals surface area contributed by atoms with E-state index in [0.717, 1.165) is 17.2 Å². The Morgan fingerprint density at radius 1 is 1.38 bits per heavy atom. The average molecular weight is 256 g/mol. The molecule has 5 heteroatoms. The van der Waals surface area contributed by atoms with Crippen LogP contribution in [0.5, 0.6) is 0 Å². The van der Waals surface area contributed by atoms with Gasteiger partial charge < -0.3 is 5.32 Å². The average Bonchev–Trinajstić information content (AvgIpc) is 2.94. The predicted octanol–water partition coefficient (Wildman–Crippen LogP) is 3.32. The lowest BCUT2D eigenvalue weighted by molar-refractivity contribution is 0.458. The Bertz CT molecular complexity index is 411. The van der Waals surface area contributed by atoms with Crippen LogP contribution in [0.3, 0.4) is 0 Å². The zero-order valence-corrected chi connectivity index (χ0v) is 10.4. The lowest BCUT2D eigenvalue weighted by atomic mass is 10.3. The molecule has 0 bridgehead atoms. The van der Waals surface area contributed by atoms with Gasteiger partial charge in [-0.3, -0.25) is 4.39 Å². The fourth-order valence-electron chi connectivity index (χ4n) is 1.32. The number of rotatable bonds is 6. The largest absolute Gasteiger partial charge is 0.311 e. The van der Waals surface area contributed by atoms with Crippen LogP contribution in [0.4, 0.5) is 4.39 Å². The molecule has 2 rings (SSSR count). The van der Waals surface area contributed by atoms with Crippen LogP contribution in [0.25, 0.3) is 10.6 Å². The van der Waals surface area contributed by atoms with Gasteiger partial charge in [0, 0.05) is 22.9 Å². The maximum atomic E-state index is 11.9. The summed E-state index contributed by atoms with van der Waals surface area (Å²) in [7, 11) is 0. The Hall–Kier alpha value is -0.780. The van der Waals surface area contributed by atoms with Gasteiger partial charge in [0.2, 0.25) is 0 Å². The maximum Gasteiger partial charge on any atom is 0.124 e. The molecule has 0 aliphatic carbocycles. The van der Waals surface area contributed by atoms with Gasteiger partial charge in [-0.15, -0.1) is 11.3 Å². The summed E-state index contributed by atoms with van der Waals surface area (Å²) in [5.41, 5.74) is 2.22. The first-order chi connectivity index (χ1) is 7.90. The number of aromatic nitrogens is 1. The summed E-state index contributed by atoms with van der Waals surface area (Å²) in [4.78, 5) is 4.52. The van der Waals surface area contributed by atoms with Crippen LogP contribution >= 0.6 is 22.7 Å². The van der Waals surface area contributed by atoms with Crippen molar-refractivity contribution >= 4 is 22.7 Å². The number of alkyl halides is 1. The summed E-state index contributed by atoms with van der Waals surface area (Å²) in [6.07, 6.45) is 0.571. The summed E-state index contributed by atoms with van der Waals surface area (Å²) in [6, 6.07) is 2.07. The first kappa shape index (κ1) is 11.7. The zero-order valence-electron chi connectivity index (χ0n) is 8.78. The molecule has 0 amide bonds. The minimum absolute atomic E-state index is 0.260. The van der Waals surface area contributed by atoms with Gasteiger partial charge in [0.25, 0.3) is 0 Å². The first-order valence-corrected chi connectivity index (χ1v) is 6.96. The molecular weight excluding hydrogens is 243 g/mol. The number of nitrogens with one attached hydrogen (secondary N) is 1. The highest BCUT2D eigenvalue weighted by Gasteiger charge is 2.04. The van der Waals surface area contributed by atoms with Crippen LogP contribution in [-0.2, 0) is 6.54 Å². The molecule has 2 nitrogen and oxygen atoms in total. The van der Waals surface area contributed by atoms with Gasteiger partial charge in [0.15, 0.2) is 0 Å². The van der Waals surface area contributed by atoms with Crippen molar-refractivity contribution in [3.8, 4) is 10.6 Å². The van der Waals surface area contributed by atoms with E-state index in [-0.39, 0.29) is 6.67 Å². The van der Waals surface area contributed by atoms with Crippen molar-refractivity contribution in [1.82, 2.24) is 10.3 Å². The zero-order chi connectivity index (χ0) is 11.2. The Morgan fingerprint density at radius 2 is 2.31 bits per heavy atom. The molecule has 0 atom stereocenters. The monoisotopic (exact) mass is 256 g/mol. The molecule has 0 spiro atoms. The second kappa shape index (κ2) is 6.08. The fourth-order valence-corrected chi connectivity index (χ4v) is 2.85. The Kier molecular flexibility index (Phi) is 4.44. The van der Waals surface area contributed by atoms with E-state index >= 15 is 0 Å². The number of nitrogens with zero attached hydrogens (tertiary/aromatic N) is 1. The Labute approximate surface area is 102 Å². The van der Waals surface area contributed by atoms with E-state index < -0.39 is 0 Å². The smallest absolute Gasteiger partial charge is 0.124 e. The van der Waals surface area contributed by atoms with Crippen molar-refractivity contribution in [3.63, 3.8) is 0 Å². The van der Waals surface area contributed by atoms with E-state index in [9.17, 15) is 4.39 Å². The van der Waals surface area contributed by atoms with E-state index in [1.807, 2.05) is 0 Å². The first-order valence-electron chi connectivity index (χ1n) is 5.14. The molecule has 0 unspecified atom stereocenters. The highest BCUT2D eigenvalue weighted by molar-refractivity contribution is 7.14. The number of hydrogen-bond acceptors (Lipinski definition) is 4. The van der Waals surface area contributed by atoms with Crippen LogP contribution in [0.1, 0.15) is 12.1 Å². The molecule has 0 fully saturated rings. The molecule has 16 heavy (non-hydrogen) atoms. The lowest BCUT2D eigenvalue weighted by Gasteiger charge is -1.98. The van der Waals surface area contributed by atoms with Crippen molar-refractivity contribution in [1.29, 1.82) is 0 Å². The van der Waals surface area contributed by atoms with E-state index in [2.05, 4.69) is 32.5 Å². The third-order valence-electron chi connectivity index (χ3n) is 2.11. The minimum Gasteiger partial charge on any atom is -0.311 e. The number of thiophene rings is 1. The molecule has 1 N–H and O–H groups in total. The molecule has 2 aromatic heterocycles. The molecule has 2 heterocycles. The van der Waals surface area contributed by atoms with Crippen LogP contribution in [-0.4, -0.2) is 18.2 Å². The predicted molar refractivity (Wildman–Crippen MR) is 67.7 cm³/mol.